The van der Waals surface area contributed by atoms with Crippen LogP contribution in [0.25, 0.3) is 0 Å². The number of halogens is 1. The van der Waals surface area contributed by atoms with Crippen LogP contribution in [0.3, 0.4) is 0 Å². The molecular formula is C13H16FN3O2. The van der Waals surface area contributed by atoms with Crippen molar-refractivity contribution in [2.45, 2.75) is 13.0 Å². The highest BCUT2D eigenvalue weighted by Gasteiger charge is 2.28. The molecule has 6 heteroatoms. The summed E-state index contributed by atoms with van der Waals surface area (Å²) in [4.78, 5) is 17.5. The molecular weight excluding hydrogens is 249 g/mol. The molecule has 102 valence electrons. The van der Waals surface area contributed by atoms with Gasteiger partial charge in [-0.3, -0.25) is 10.3 Å². The Hall–Kier alpha value is -2.11. The zero-order valence-electron chi connectivity index (χ0n) is 10.9. The fourth-order valence-corrected chi connectivity index (χ4v) is 2.10. The van der Waals surface area contributed by atoms with Gasteiger partial charge in [0.05, 0.1) is 19.7 Å². The first-order valence-electron chi connectivity index (χ1n) is 6.07. The number of ether oxygens (including phenoxy) is 1. The fourth-order valence-electron chi connectivity index (χ4n) is 2.10. The lowest BCUT2D eigenvalue weighted by atomic mass is 10.1. The highest BCUT2D eigenvalue weighted by molar-refractivity contribution is 5.95. The number of hydrogen-bond donors (Lipinski definition) is 1. The van der Waals surface area contributed by atoms with Crippen molar-refractivity contribution in [3.05, 3.63) is 35.6 Å². The van der Waals surface area contributed by atoms with Crippen molar-refractivity contribution in [3.8, 4) is 0 Å². The average Bonchev–Trinajstić information content (AvgIpc) is 2.82. The van der Waals surface area contributed by atoms with Gasteiger partial charge in [0, 0.05) is 6.54 Å². The molecule has 0 aliphatic carbocycles. The van der Waals surface area contributed by atoms with E-state index >= 15 is 0 Å². The number of likely N-dealkylation sites (N-methyl/N-ethyl adjacent to an activating group) is 1. The van der Waals surface area contributed by atoms with E-state index in [2.05, 4.69) is 15.0 Å². The molecule has 5 nitrogen and oxygen atoms in total. The Morgan fingerprint density at radius 3 is 2.79 bits per heavy atom. The number of guanidine groups is 1. The minimum absolute atomic E-state index is 0.0118. The first-order valence-corrected chi connectivity index (χ1v) is 6.07. The molecule has 1 aromatic rings. The third-order valence-electron chi connectivity index (χ3n) is 3.06. The molecule has 0 radical (unpaired) electrons. The molecule has 1 amide bonds. The van der Waals surface area contributed by atoms with Crippen molar-refractivity contribution >= 4 is 12.1 Å². The minimum Gasteiger partial charge on any atom is -0.453 e. The van der Waals surface area contributed by atoms with Crippen LogP contribution in [-0.2, 0) is 4.74 Å². The summed E-state index contributed by atoms with van der Waals surface area (Å²) in [6.07, 6.45) is -0.544. The number of nitrogens with zero attached hydrogens (tertiary/aromatic N) is 2. The number of alkyl carbamates (subject to hydrolysis) is 1. The van der Waals surface area contributed by atoms with Crippen molar-refractivity contribution in [1.29, 1.82) is 0 Å². The molecule has 0 saturated carbocycles. The van der Waals surface area contributed by atoms with Crippen LogP contribution >= 0.6 is 0 Å². The van der Waals surface area contributed by atoms with Crippen molar-refractivity contribution in [3.63, 3.8) is 0 Å². The van der Waals surface area contributed by atoms with Crippen LogP contribution in [0, 0.1) is 5.82 Å². The quantitative estimate of drug-likeness (QED) is 0.888. The van der Waals surface area contributed by atoms with Crippen LogP contribution in [-0.4, -0.2) is 37.2 Å². The number of methoxy groups -OCH3 is 1. The van der Waals surface area contributed by atoms with E-state index in [1.807, 2.05) is 11.8 Å². The standard InChI is InChI=1S/C13H16FN3O2/c1-3-17-11(9-4-6-10(14)7-5-9)8-15-12(17)16-13(18)19-2/h4-7,11H,3,8H2,1-2H3,(H,15,16,18). The maximum atomic E-state index is 12.9. The number of carbonyl (C=O) groups excluding carboxylic acids is 1. The summed E-state index contributed by atoms with van der Waals surface area (Å²) in [5.41, 5.74) is 0.966. The van der Waals surface area contributed by atoms with Crippen LogP contribution in [0.5, 0.6) is 0 Å². The number of hydrogen-bond acceptors (Lipinski definition) is 4. The molecule has 1 heterocycles. The van der Waals surface area contributed by atoms with Gasteiger partial charge in [-0.15, -0.1) is 0 Å². The Kier molecular flexibility index (Phi) is 3.99. The summed E-state index contributed by atoms with van der Waals surface area (Å²) in [5, 5.41) is 2.58. The monoisotopic (exact) mass is 265 g/mol. The van der Waals surface area contributed by atoms with Crippen LogP contribution in [0.1, 0.15) is 18.5 Å². The normalized spacial score (nSPS) is 18.2. The molecule has 0 fully saturated rings. The van der Waals surface area contributed by atoms with Gasteiger partial charge in [0.2, 0.25) is 5.96 Å². The van der Waals surface area contributed by atoms with Crippen molar-refractivity contribution in [2.75, 3.05) is 20.2 Å². The highest BCUT2D eigenvalue weighted by atomic mass is 19.1. The van der Waals surface area contributed by atoms with E-state index in [0.29, 0.717) is 19.0 Å². The number of rotatable bonds is 2. The Bertz CT molecular complexity index is 487. The summed E-state index contributed by atoms with van der Waals surface area (Å²) in [5.74, 6) is 0.224. The van der Waals surface area contributed by atoms with Crippen molar-refractivity contribution < 1.29 is 13.9 Å². The van der Waals surface area contributed by atoms with E-state index in [4.69, 9.17) is 0 Å². The van der Waals surface area contributed by atoms with E-state index in [9.17, 15) is 9.18 Å². The summed E-state index contributed by atoms with van der Waals surface area (Å²) in [7, 11) is 1.30. The predicted octanol–water partition coefficient (Wildman–Crippen LogP) is 1.91. The lowest BCUT2D eigenvalue weighted by molar-refractivity contribution is 0.175. The Morgan fingerprint density at radius 1 is 1.53 bits per heavy atom. The first kappa shape index (κ1) is 13.3. The van der Waals surface area contributed by atoms with Crippen LogP contribution < -0.4 is 5.32 Å². The van der Waals surface area contributed by atoms with E-state index < -0.39 is 6.09 Å². The molecule has 1 N–H and O–H groups in total. The largest absolute Gasteiger partial charge is 0.453 e. The Balaban J connectivity index is 2.13. The topological polar surface area (TPSA) is 53.9 Å². The molecule has 0 aromatic heterocycles. The molecule has 1 aliphatic heterocycles. The zero-order valence-corrected chi connectivity index (χ0v) is 10.9. The van der Waals surface area contributed by atoms with Crippen molar-refractivity contribution in [1.82, 2.24) is 10.2 Å². The predicted molar refractivity (Wildman–Crippen MR) is 69.4 cm³/mol. The lowest BCUT2D eigenvalue weighted by Gasteiger charge is -2.26. The molecule has 0 spiro atoms. The first-order chi connectivity index (χ1) is 9.15. The Labute approximate surface area is 111 Å². The van der Waals surface area contributed by atoms with Crippen LogP contribution in [0.15, 0.2) is 29.3 Å². The highest BCUT2D eigenvalue weighted by Crippen LogP contribution is 2.25. The van der Waals surface area contributed by atoms with Gasteiger partial charge in [-0.05, 0) is 24.6 Å². The second-order valence-electron chi connectivity index (χ2n) is 4.13. The zero-order chi connectivity index (χ0) is 13.8. The third kappa shape index (κ3) is 2.83. The fraction of sp³-hybridized carbons (Fsp3) is 0.385. The number of nitrogens with one attached hydrogen (secondary N) is 1. The summed E-state index contributed by atoms with van der Waals surface area (Å²) < 4.78 is 17.5. The number of carbonyl (C=O) groups is 1. The van der Waals surface area contributed by atoms with E-state index in [1.54, 1.807) is 12.1 Å². The molecule has 1 aromatic carbocycles. The number of benzene rings is 1. The van der Waals surface area contributed by atoms with Gasteiger partial charge < -0.3 is 9.64 Å². The van der Waals surface area contributed by atoms with Gasteiger partial charge in [-0.1, -0.05) is 12.1 Å². The maximum Gasteiger partial charge on any atom is 0.413 e. The number of amides is 1. The van der Waals surface area contributed by atoms with Gasteiger partial charge >= 0.3 is 6.09 Å². The van der Waals surface area contributed by atoms with E-state index in [1.165, 1.54) is 19.2 Å². The summed E-state index contributed by atoms with van der Waals surface area (Å²) in [6.45, 7) is 3.18. The number of aliphatic imine (C=N–C) groups is 1. The molecule has 0 bridgehead atoms. The third-order valence-corrected chi connectivity index (χ3v) is 3.06. The van der Waals surface area contributed by atoms with Crippen LogP contribution in [0.2, 0.25) is 0 Å². The van der Waals surface area contributed by atoms with Crippen LogP contribution in [0.4, 0.5) is 9.18 Å². The van der Waals surface area contributed by atoms with Gasteiger partial charge in [0.25, 0.3) is 0 Å². The van der Waals surface area contributed by atoms with Gasteiger partial charge in [0.1, 0.15) is 5.82 Å². The smallest absolute Gasteiger partial charge is 0.413 e. The van der Waals surface area contributed by atoms with Crippen molar-refractivity contribution in [2.24, 2.45) is 4.99 Å². The molecule has 1 unspecified atom stereocenters. The SMILES string of the molecule is CCN1C(NC(=O)OC)=NCC1c1ccc(F)cc1. The van der Waals surface area contributed by atoms with Gasteiger partial charge in [0.15, 0.2) is 0 Å². The lowest BCUT2D eigenvalue weighted by Crippen LogP contribution is -2.42. The second kappa shape index (κ2) is 5.69. The molecule has 1 atom stereocenters. The van der Waals surface area contributed by atoms with E-state index in [0.717, 1.165) is 5.56 Å². The summed E-state index contributed by atoms with van der Waals surface area (Å²) in [6, 6.07) is 6.33. The second-order valence-corrected chi connectivity index (χ2v) is 4.13. The average molecular weight is 265 g/mol. The van der Waals surface area contributed by atoms with Gasteiger partial charge in [-0.2, -0.15) is 0 Å². The Morgan fingerprint density at radius 2 is 2.21 bits per heavy atom. The van der Waals surface area contributed by atoms with E-state index in [-0.39, 0.29) is 11.9 Å². The summed E-state index contributed by atoms with van der Waals surface area (Å²) >= 11 is 0. The maximum absolute atomic E-state index is 12.9. The molecule has 0 saturated heterocycles. The minimum atomic E-state index is -0.544. The molecule has 2 rings (SSSR count). The molecule has 1 aliphatic rings. The van der Waals surface area contributed by atoms with Gasteiger partial charge in [-0.25, -0.2) is 9.18 Å². The molecule has 19 heavy (non-hydrogen) atoms.